The molecule has 8 heteroatoms. The molecule has 7 nitrogen and oxygen atoms in total. The molecule has 1 amide bonds. The molecule has 0 aliphatic carbocycles. The standard InChI is InChI=1S/C7H9BrN4O3/c8-5-4(3-11-12-6(5)13)10-1-2-15-7(9)14/h3H,1-2H2,(H2,9,14)(H2,10,12,13). The second-order valence-corrected chi connectivity index (χ2v) is 3.31. The van der Waals surface area contributed by atoms with Crippen LogP contribution in [-0.4, -0.2) is 29.4 Å². The second kappa shape index (κ2) is 5.35. The van der Waals surface area contributed by atoms with E-state index in [-0.39, 0.29) is 12.2 Å². The number of aromatic nitrogens is 2. The van der Waals surface area contributed by atoms with Gasteiger partial charge in [0.15, 0.2) is 0 Å². The Labute approximate surface area is 93.1 Å². The number of H-pyrrole nitrogens is 1. The molecular formula is C7H9BrN4O3. The maximum absolute atomic E-state index is 11.1. The summed E-state index contributed by atoms with van der Waals surface area (Å²) in [6, 6.07) is 0. The van der Waals surface area contributed by atoms with Gasteiger partial charge in [0.2, 0.25) is 0 Å². The van der Waals surface area contributed by atoms with Crippen LogP contribution >= 0.6 is 15.9 Å². The van der Waals surface area contributed by atoms with Crippen molar-refractivity contribution in [3.8, 4) is 0 Å². The van der Waals surface area contributed by atoms with Gasteiger partial charge in [-0.2, -0.15) is 5.10 Å². The summed E-state index contributed by atoms with van der Waals surface area (Å²) in [6.45, 7) is 0.460. The molecule has 0 aliphatic rings. The zero-order valence-electron chi connectivity index (χ0n) is 7.62. The molecule has 4 N–H and O–H groups in total. The third kappa shape index (κ3) is 3.58. The lowest BCUT2D eigenvalue weighted by atomic mass is 10.4. The maximum atomic E-state index is 11.1. The van der Waals surface area contributed by atoms with E-state index < -0.39 is 6.09 Å². The Balaban J connectivity index is 2.48. The minimum atomic E-state index is -0.833. The summed E-state index contributed by atoms with van der Waals surface area (Å²) >= 11 is 3.08. The third-order valence-electron chi connectivity index (χ3n) is 1.46. The van der Waals surface area contributed by atoms with E-state index in [1.54, 1.807) is 0 Å². The van der Waals surface area contributed by atoms with Crippen molar-refractivity contribution in [2.45, 2.75) is 0 Å². The number of primary amides is 1. The minimum absolute atomic E-state index is 0.120. The van der Waals surface area contributed by atoms with Gasteiger partial charge in [-0.1, -0.05) is 0 Å². The number of nitrogens with two attached hydrogens (primary N) is 1. The Hall–Kier alpha value is -1.57. The van der Waals surface area contributed by atoms with E-state index in [9.17, 15) is 9.59 Å². The highest BCUT2D eigenvalue weighted by Gasteiger charge is 2.03. The fourth-order valence-electron chi connectivity index (χ4n) is 0.844. The second-order valence-electron chi connectivity index (χ2n) is 2.52. The monoisotopic (exact) mass is 276 g/mol. The molecule has 1 aromatic heterocycles. The first kappa shape index (κ1) is 11.5. The summed E-state index contributed by atoms with van der Waals surface area (Å²) in [5, 5.41) is 8.69. The predicted molar refractivity (Wildman–Crippen MR) is 56.6 cm³/mol. The van der Waals surface area contributed by atoms with Gasteiger partial charge in [-0.05, 0) is 15.9 Å². The molecule has 15 heavy (non-hydrogen) atoms. The van der Waals surface area contributed by atoms with Gasteiger partial charge in [0.1, 0.15) is 11.1 Å². The van der Waals surface area contributed by atoms with Crippen LogP contribution in [0.15, 0.2) is 15.5 Å². The van der Waals surface area contributed by atoms with Crippen molar-refractivity contribution < 1.29 is 9.53 Å². The van der Waals surface area contributed by atoms with Gasteiger partial charge < -0.3 is 15.8 Å². The Morgan fingerprint density at radius 1 is 1.73 bits per heavy atom. The Morgan fingerprint density at radius 2 is 2.47 bits per heavy atom. The largest absolute Gasteiger partial charge is 0.448 e. The number of rotatable bonds is 4. The molecule has 0 aromatic carbocycles. The van der Waals surface area contributed by atoms with E-state index in [0.717, 1.165) is 0 Å². The number of nitrogens with one attached hydrogen (secondary N) is 2. The van der Waals surface area contributed by atoms with Crippen molar-refractivity contribution in [2.24, 2.45) is 5.73 Å². The average molecular weight is 277 g/mol. The topological polar surface area (TPSA) is 110 Å². The van der Waals surface area contributed by atoms with Gasteiger partial charge in [0, 0.05) is 6.54 Å². The summed E-state index contributed by atoms with van der Waals surface area (Å²) in [4.78, 5) is 21.3. The van der Waals surface area contributed by atoms with Crippen LogP contribution in [0.5, 0.6) is 0 Å². The minimum Gasteiger partial charge on any atom is -0.448 e. The Kier molecular flexibility index (Phi) is 4.10. The third-order valence-corrected chi connectivity index (χ3v) is 2.24. The van der Waals surface area contributed by atoms with E-state index in [4.69, 9.17) is 5.73 Å². The number of aromatic amines is 1. The fraction of sp³-hybridized carbons (Fsp3) is 0.286. The summed E-state index contributed by atoms with van der Waals surface area (Å²) in [5.74, 6) is 0. The zero-order valence-corrected chi connectivity index (χ0v) is 9.20. The van der Waals surface area contributed by atoms with Crippen molar-refractivity contribution in [3.63, 3.8) is 0 Å². The lowest BCUT2D eigenvalue weighted by molar-refractivity contribution is 0.161. The normalized spacial score (nSPS) is 9.67. The highest BCUT2D eigenvalue weighted by atomic mass is 79.9. The molecule has 0 unspecified atom stereocenters. The number of carbonyl (C=O) groups excluding carboxylic acids is 1. The number of anilines is 1. The van der Waals surface area contributed by atoms with Crippen LogP contribution in [0.4, 0.5) is 10.5 Å². The summed E-state index contributed by atoms with van der Waals surface area (Å²) in [7, 11) is 0. The molecule has 0 saturated carbocycles. The SMILES string of the molecule is NC(=O)OCCNc1cn[nH]c(=O)c1Br. The number of halogens is 1. The smallest absolute Gasteiger partial charge is 0.404 e. The molecule has 1 rings (SSSR count). The van der Waals surface area contributed by atoms with Crippen LogP contribution in [0.2, 0.25) is 0 Å². The number of ether oxygens (including phenoxy) is 1. The maximum Gasteiger partial charge on any atom is 0.404 e. The van der Waals surface area contributed by atoms with Gasteiger partial charge in [-0.3, -0.25) is 4.79 Å². The van der Waals surface area contributed by atoms with Crippen LogP contribution in [0.1, 0.15) is 0 Å². The van der Waals surface area contributed by atoms with Crippen molar-refractivity contribution in [1.82, 2.24) is 10.2 Å². The molecule has 0 saturated heterocycles. The van der Waals surface area contributed by atoms with Gasteiger partial charge in [0.05, 0.1) is 11.9 Å². The van der Waals surface area contributed by atoms with E-state index in [2.05, 4.69) is 36.2 Å². The molecule has 0 atom stereocenters. The molecule has 0 aliphatic heterocycles. The molecule has 0 radical (unpaired) electrons. The quantitative estimate of drug-likeness (QED) is 0.673. The number of carbonyl (C=O) groups is 1. The van der Waals surface area contributed by atoms with Crippen LogP contribution in [-0.2, 0) is 4.74 Å². The van der Waals surface area contributed by atoms with E-state index >= 15 is 0 Å². The number of hydrogen-bond donors (Lipinski definition) is 3. The van der Waals surface area contributed by atoms with Crippen molar-refractivity contribution in [2.75, 3.05) is 18.5 Å². The van der Waals surface area contributed by atoms with Gasteiger partial charge in [-0.15, -0.1) is 0 Å². The van der Waals surface area contributed by atoms with E-state index in [0.29, 0.717) is 16.7 Å². The molecule has 1 heterocycles. The van der Waals surface area contributed by atoms with Gasteiger partial charge in [-0.25, -0.2) is 9.89 Å². The number of hydrogen-bond acceptors (Lipinski definition) is 5. The van der Waals surface area contributed by atoms with Crippen LogP contribution in [0.25, 0.3) is 0 Å². The van der Waals surface area contributed by atoms with Gasteiger partial charge in [0.25, 0.3) is 5.56 Å². The van der Waals surface area contributed by atoms with Crippen LogP contribution in [0, 0.1) is 0 Å². The Bertz CT molecular complexity index is 405. The molecular weight excluding hydrogens is 268 g/mol. The molecule has 82 valence electrons. The first-order chi connectivity index (χ1) is 7.11. The highest BCUT2D eigenvalue weighted by Crippen LogP contribution is 2.14. The van der Waals surface area contributed by atoms with Crippen LogP contribution < -0.4 is 16.6 Å². The van der Waals surface area contributed by atoms with E-state index in [1.165, 1.54) is 6.20 Å². The molecule has 1 aromatic rings. The number of nitrogens with zero attached hydrogens (tertiary/aromatic N) is 1. The first-order valence-electron chi connectivity index (χ1n) is 4.00. The summed E-state index contributed by atoms with van der Waals surface area (Å²) in [6.07, 6.45) is 0.607. The van der Waals surface area contributed by atoms with Crippen molar-refractivity contribution >= 4 is 27.7 Å². The van der Waals surface area contributed by atoms with Crippen molar-refractivity contribution in [1.29, 1.82) is 0 Å². The summed E-state index contributed by atoms with van der Waals surface area (Å²) < 4.78 is 4.83. The van der Waals surface area contributed by atoms with Crippen LogP contribution in [0.3, 0.4) is 0 Å². The van der Waals surface area contributed by atoms with Gasteiger partial charge >= 0.3 is 6.09 Å². The fourth-order valence-corrected chi connectivity index (χ4v) is 1.18. The lowest BCUT2D eigenvalue weighted by Crippen LogP contribution is -2.19. The van der Waals surface area contributed by atoms with E-state index in [1.807, 2.05) is 0 Å². The lowest BCUT2D eigenvalue weighted by Gasteiger charge is -2.06. The van der Waals surface area contributed by atoms with Crippen molar-refractivity contribution in [3.05, 3.63) is 21.0 Å². The molecule has 0 spiro atoms. The molecule has 0 fully saturated rings. The Morgan fingerprint density at radius 3 is 3.13 bits per heavy atom. The highest BCUT2D eigenvalue weighted by molar-refractivity contribution is 9.10. The zero-order chi connectivity index (χ0) is 11.3. The molecule has 0 bridgehead atoms. The average Bonchev–Trinajstić information content (AvgIpc) is 2.18. The number of amides is 1. The first-order valence-corrected chi connectivity index (χ1v) is 4.80. The predicted octanol–water partition coefficient (Wildman–Crippen LogP) is 0.0396. The summed E-state index contributed by atoms with van der Waals surface area (Å²) in [5.41, 5.74) is 4.94.